The summed E-state index contributed by atoms with van der Waals surface area (Å²) in [4.78, 5) is 14.8. The van der Waals surface area contributed by atoms with Crippen LogP contribution in [0.3, 0.4) is 0 Å². The minimum Gasteiger partial charge on any atom is -0.467 e. The molecule has 26 heavy (non-hydrogen) atoms. The van der Waals surface area contributed by atoms with Crippen LogP contribution in [-0.2, 0) is 13.1 Å². The Morgan fingerprint density at radius 2 is 1.81 bits per heavy atom. The van der Waals surface area contributed by atoms with Crippen LogP contribution in [0.5, 0.6) is 11.5 Å². The SMILES string of the molecule is Cc1ccc(C(=O)N(Cc2ccc3c(c2)OCO3)Cc2ccco2)cc1. The van der Waals surface area contributed by atoms with E-state index in [1.165, 1.54) is 0 Å². The second-order valence-electron chi connectivity index (χ2n) is 6.29. The maximum atomic E-state index is 13.0. The number of rotatable bonds is 5. The third kappa shape index (κ3) is 3.42. The molecule has 0 saturated carbocycles. The molecule has 4 rings (SSSR count). The van der Waals surface area contributed by atoms with Crippen molar-refractivity contribution >= 4 is 5.91 Å². The number of hydrogen-bond donors (Lipinski definition) is 0. The van der Waals surface area contributed by atoms with E-state index in [1.807, 2.05) is 61.5 Å². The van der Waals surface area contributed by atoms with Crippen molar-refractivity contribution in [1.82, 2.24) is 4.90 Å². The summed E-state index contributed by atoms with van der Waals surface area (Å²) in [6.45, 7) is 3.08. The molecule has 0 bridgehead atoms. The van der Waals surface area contributed by atoms with Gasteiger partial charge in [0, 0.05) is 12.1 Å². The zero-order valence-corrected chi connectivity index (χ0v) is 14.5. The van der Waals surface area contributed by atoms with Crippen molar-refractivity contribution in [2.45, 2.75) is 20.0 Å². The van der Waals surface area contributed by atoms with Gasteiger partial charge in [-0.2, -0.15) is 0 Å². The number of nitrogens with zero attached hydrogens (tertiary/aromatic N) is 1. The normalized spacial score (nSPS) is 12.2. The summed E-state index contributed by atoms with van der Waals surface area (Å²) in [7, 11) is 0. The Bertz CT molecular complexity index is 900. The second-order valence-corrected chi connectivity index (χ2v) is 6.29. The fraction of sp³-hybridized carbons (Fsp3) is 0.190. The zero-order valence-electron chi connectivity index (χ0n) is 14.5. The number of aryl methyl sites for hydroxylation is 1. The van der Waals surface area contributed by atoms with Crippen molar-refractivity contribution < 1.29 is 18.7 Å². The predicted octanol–water partition coefficient (Wildman–Crippen LogP) is 4.16. The smallest absolute Gasteiger partial charge is 0.254 e. The first-order valence-electron chi connectivity index (χ1n) is 8.46. The van der Waals surface area contributed by atoms with Gasteiger partial charge in [-0.1, -0.05) is 23.8 Å². The maximum absolute atomic E-state index is 13.0. The molecule has 1 aliphatic rings. The Hall–Kier alpha value is -3.21. The summed E-state index contributed by atoms with van der Waals surface area (Å²) in [5.41, 5.74) is 2.75. The summed E-state index contributed by atoms with van der Waals surface area (Å²) in [6, 6.07) is 17.0. The predicted molar refractivity (Wildman–Crippen MR) is 96.0 cm³/mol. The van der Waals surface area contributed by atoms with Gasteiger partial charge in [0.1, 0.15) is 5.76 Å². The van der Waals surface area contributed by atoms with Crippen LogP contribution in [0.1, 0.15) is 27.2 Å². The van der Waals surface area contributed by atoms with Crippen molar-refractivity contribution in [3.8, 4) is 11.5 Å². The molecule has 0 atom stereocenters. The van der Waals surface area contributed by atoms with Crippen LogP contribution in [0.25, 0.3) is 0 Å². The molecule has 5 nitrogen and oxygen atoms in total. The van der Waals surface area contributed by atoms with Gasteiger partial charge in [-0.25, -0.2) is 0 Å². The molecular weight excluding hydrogens is 330 g/mol. The Morgan fingerprint density at radius 3 is 2.58 bits per heavy atom. The van der Waals surface area contributed by atoms with E-state index in [4.69, 9.17) is 13.9 Å². The van der Waals surface area contributed by atoms with Gasteiger partial charge in [-0.05, 0) is 48.9 Å². The van der Waals surface area contributed by atoms with Gasteiger partial charge in [0.15, 0.2) is 11.5 Å². The van der Waals surface area contributed by atoms with Gasteiger partial charge in [-0.15, -0.1) is 0 Å². The molecule has 0 saturated heterocycles. The van der Waals surface area contributed by atoms with Crippen LogP contribution in [0, 0.1) is 6.92 Å². The largest absolute Gasteiger partial charge is 0.467 e. The van der Waals surface area contributed by atoms with Gasteiger partial charge in [0.05, 0.1) is 12.8 Å². The van der Waals surface area contributed by atoms with Crippen LogP contribution >= 0.6 is 0 Å². The number of ether oxygens (including phenoxy) is 2. The molecule has 1 aromatic heterocycles. The number of furan rings is 1. The highest BCUT2D eigenvalue weighted by atomic mass is 16.7. The molecule has 1 amide bonds. The Labute approximate surface area is 151 Å². The molecule has 132 valence electrons. The second kappa shape index (κ2) is 6.96. The summed E-state index contributed by atoms with van der Waals surface area (Å²) in [5, 5.41) is 0. The number of amides is 1. The van der Waals surface area contributed by atoms with E-state index in [9.17, 15) is 4.79 Å². The van der Waals surface area contributed by atoms with E-state index in [-0.39, 0.29) is 12.7 Å². The quantitative estimate of drug-likeness (QED) is 0.694. The van der Waals surface area contributed by atoms with E-state index in [0.29, 0.717) is 24.4 Å². The van der Waals surface area contributed by atoms with Crippen molar-refractivity contribution in [2.75, 3.05) is 6.79 Å². The van der Waals surface area contributed by atoms with Gasteiger partial charge >= 0.3 is 0 Å². The van der Waals surface area contributed by atoms with E-state index in [1.54, 1.807) is 11.2 Å². The average molecular weight is 349 g/mol. The van der Waals surface area contributed by atoms with Gasteiger partial charge in [-0.3, -0.25) is 4.79 Å². The first kappa shape index (κ1) is 16.3. The van der Waals surface area contributed by atoms with Gasteiger partial charge in [0.25, 0.3) is 5.91 Å². The number of fused-ring (bicyclic) bond motifs is 1. The summed E-state index contributed by atoms with van der Waals surface area (Å²) < 4.78 is 16.2. The summed E-state index contributed by atoms with van der Waals surface area (Å²) in [5.74, 6) is 2.14. The van der Waals surface area contributed by atoms with Crippen molar-refractivity contribution in [1.29, 1.82) is 0 Å². The van der Waals surface area contributed by atoms with E-state index in [0.717, 1.165) is 22.6 Å². The Morgan fingerprint density at radius 1 is 1.00 bits per heavy atom. The van der Waals surface area contributed by atoms with Crippen molar-refractivity contribution in [3.63, 3.8) is 0 Å². The zero-order chi connectivity index (χ0) is 17.9. The van der Waals surface area contributed by atoms with Crippen molar-refractivity contribution in [3.05, 3.63) is 83.3 Å². The first-order chi connectivity index (χ1) is 12.7. The number of carbonyl (C=O) groups is 1. The van der Waals surface area contributed by atoms with Gasteiger partial charge < -0.3 is 18.8 Å². The molecule has 0 fully saturated rings. The Kier molecular flexibility index (Phi) is 4.35. The molecule has 2 heterocycles. The number of hydrogen-bond acceptors (Lipinski definition) is 4. The molecule has 0 spiro atoms. The molecule has 5 heteroatoms. The third-order valence-electron chi connectivity index (χ3n) is 4.32. The van der Waals surface area contributed by atoms with Crippen LogP contribution in [0.2, 0.25) is 0 Å². The van der Waals surface area contributed by atoms with Crippen LogP contribution in [0.4, 0.5) is 0 Å². The van der Waals surface area contributed by atoms with E-state index < -0.39 is 0 Å². The summed E-state index contributed by atoms with van der Waals surface area (Å²) in [6.07, 6.45) is 1.62. The van der Waals surface area contributed by atoms with Crippen molar-refractivity contribution in [2.24, 2.45) is 0 Å². The van der Waals surface area contributed by atoms with Crippen LogP contribution in [-0.4, -0.2) is 17.6 Å². The number of benzene rings is 2. The van der Waals surface area contributed by atoms with E-state index in [2.05, 4.69) is 0 Å². The average Bonchev–Trinajstić information content (AvgIpc) is 3.32. The Balaban J connectivity index is 1.59. The minimum atomic E-state index is -0.0425. The lowest BCUT2D eigenvalue weighted by Gasteiger charge is -2.22. The maximum Gasteiger partial charge on any atom is 0.254 e. The fourth-order valence-corrected chi connectivity index (χ4v) is 2.93. The number of carbonyl (C=O) groups excluding carboxylic acids is 1. The molecule has 0 unspecified atom stereocenters. The van der Waals surface area contributed by atoms with E-state index >= 15 is 0 Å². The highest BCUT2D eigenvalue weighted by Crippen LogP contribution is 2.33. The molecule has 3 aromatic rings. The van der Waals surface area contributed by atoms with Crippen LogP contribution in [0.15, 0.2) is 65.3 Å². The fourth-order valence-electron chi connectivity index (χ4n) is 2.93. The molecule has 0 N–H and O–H groups in total. The highest BCUT2D eigenvalue weighted by molar-refractivity contribution is 5.94. The molecular formula is C21H19NO4. The molecule has 2 aromatic carbocycles. The standard InChI is InChI=1S/C21H19NO4/c1-15-4-7-17(8-5-15)21(23)22(13-18-3-2-10-24-18)12-16-6-9-19-20(11-16)26-14-25-19/h2-11H,12-14H2,1H3. The molecule has 1 aliphatic heterocycles. The van der Waals surface area contributed by atoms with Gasteiger partial charge in [0.2, 0.25) is 6.79 Å². The summed E-state index contributed by atoms with van der Waals surface area (Å²) >= 11 is 0. The highest BCUT2D eigenvalue weighted by Gasteiger charge is 2.20. The molecule has 0 radical (unpaired) electrons. The lowest BCUT2D eigenvalue weighted by atomic mass is 10.1. The minimum absolute atomic E-state index is 0.0425. The lowest BCUT2D eigenvalue weighted by molar-refractivity contribution is 0.0717. The molecule has 0 aliphatic carbocycles. The lowest BCUT2D eigenvalue weighted by Crippen LogP contribution is -2.30. The monoisotopic (exact) mass is 349 g/mol. The first-order valence-corrected chi connectivity index (χ1v) is 8.46. The third-order valence-corrected chi connectivity index (χ3v) is 4.32. The topological polar surface area (TPSA) is 51.9 Å². The van der Waals surface area contributed by atoms with Crippen LogP contribution < -0.4 is 9.47 Å².